The lowest BCUT2D eigenvalue weighted by Crippen LogP contribution is -2.50. The van der Waals surface area contributed by atoms with Crippen LogP contribution in [0.3, 0.4) is 0 Å². The molecular formula is C39H33N5O7. The fourth-order valence-electron chi connectivity index (χ4n) is 5.99. The van der Waals surface area contributed by atoms with Crippen molar-refractivity contribution >= 4 is 34.9 Å². The normalized spacial score (nSPS) is 19.7. The Kier molecular flexibility index (Phi) is 9.48. The third kappa shape index (κ3) is 7.03. The van der Waals surface area contributed by atoms with E-state index in [1.165, 1.54) is 12.7 Å². The number of nitrogens with one attached hydrogen (secondary N) is 1. The predicted octanol–water partition coefficient (Wildman–Crippen LogP) is 6.03. The van der Waals surface area contributed by atoms with Crippen molar-refractivity contribution in [1.82, 2.24) is 19.5 Å². The molecule has 4 aromatic carbocycles. The highest BCUT2D eigenvalue weighted by molar-refractivity contribution is 5.91. The van der Waals surface area contributed by atoms with Crippen LogP contribution in [0.5, 0.6) is 0 Å². The topological polar surface area (TPSA) is 144 Å². The summed E-state index contributed by atoms with van der Waals surface area (Å²) < 4.78 is 26.3. The van der Waals surface area contributed by atoms with Crippen molar-refractivity contribution in [3.63, 3.8) is 0 Å². The molecule has 0 amide bonds. The Balaban J connectivity index is 1.27. The van der Waals surface area contributed by atoms with Crippen molar-refractivity contribution in [3.8, 4) is 0 Å². The van der Waals surface area contributed by atoms with Crippen LogP contribution in [0.1, 0.15) is 49.8 Å². The van der Waals surface area contributed by atoms with Crippen molar-refractivity contribution in [2.24, 2.45) is 0 Å². The van der Waals surface area contributed by atoms with Gasteiger partial charge in [0.2, 0.25) is 0 Å². The second-order valence-corrected chi connectivity index (χ2v) is 12.0. The van der Waals surface area contributed by atoms with E-state index >= 15 is 0 Å². The number of rotatable bonds is 11. The van der Waals surface area contributed by atoms with E-state index in [1.54, 1.807) is 102 Å². The van der Waals surface area contributed by atoms with E-state index in [4.69, 9.17) is 18.9 Å². The summed E-state index contributed by atoms with van der Waals surface area (Å²) >= 11 is 0. The lowest BCUT2D eigenvalue weighted by molar-refractivity contribution is -0.108. The molecule has 2 aromatic heterocycles. The molecule has 0 aliphatic carbocycles. The molecule has 4 atom stereocenters. The molecule has 1 fully saturated rings. The highest BCUT2D eigenvalue weighted by Crippen LogP contribution is 2.45. The van der Waals surface area contributed by atoms with E-state index in [2.05, 4.69) is 20.3 Å². The van der Waals surface area contributed by atoms with E-state index in [0.717, 1.165) is 5.56 Å². The second kappa shape index (κ2) is 14.6. The molecule has 0 saturated carbocycles. The van der Waals surface area contributed by atoms with Crippen molar-refractivity contribution in [2.75, 3.05) is 11.9 Å². The first kappa shape index (κ1) is 33.1. The molecule has 6 aromatic rings. The Morgan fingerprint density at radius 1 is 0.745 bits per heavy atom. The molecule has 12 heteroatoms. The molecule has 0 spiro atoms. The number of fused-ring (bicyclic) bond motifs is 1. The van der Waals surface area contributed by atoms with Crippen molar-refractivity contribution in [2.45, 2.75) is 37.5 Å². The van der Waals surface area contributed by atoms with Crippen LogP contribution in [0.25, 0.3) is 11.2 Å². The van der Waals surface area contributed by atoms with Gasteiger partial charge in [-0.2, -0.15) is 0 Å². The Morgan fingerprint density at radius 2 is 1.31 bits per heavy atom. The number of carbonyl (C=O) groups is 3. The third-order valence-electron chi connectivity index (χ3n) is 8.56. The molecule has 1 aliphatic heterocycles. The number of carbonyl (C=O) groups excluding carboxylic acids is 3. The smallest absolute Gasteiger partial charge is 0.338 e. The molecule has 0 bridgehead atoms. The van der Waals surface area contributed by atoms with E-state index in [-0.39, 0.29) is 17.7 Å². The highest BCUT2D eigenvalue weighted by Gasteiger charge is 2.60. The Morgan fingerprint density at radius 3 is 1.94 bits per heavy atom. The summed E-state index contributed by atoms with van der Waals surface area (Å²) in [6, 6.07) is 35.1. The largest absolute Gasteiger partial charge is 0.459 e. The van der Waals surface area contributed by atoms with Crippen LogP contribution in [-0.2, 0) is 25.5 Å². The molecular weight excluding hydrogens is 650 g/mol. The zero-order valence-electron chi connectivity index (χ0n) is 27.5. The van der Waals surface area contributed by atoms with Gasteiger partial charge in [-0.3, -0.25) is 4.57 Å². The van der Waals surface area contributed by atoms with E-state index < -0.39 is 41.9 Å². The molecule has 256 valence electrons. The fraction of sp³-hybridized carbons (Fsp3) is 0.179. The lowest BCUT2D eigenvalue weighted by atomic mass is 9.95. The van der Waals surface area contributed by atoms with E-state index in [0.29, 0.717) is 29.1 Å². The van der Waals surface area contributed by atoms with Crippen LogP contribution in [0.15, 0.2) is 134 Å². The van der Waals surface area contributed by atoms with Gasteiger partial charge in [0.25, 0.3) is 0 Å². The van der Waals surface area contributed by atoms with Crippen molar-refractivity contribution < 1.29 is 33.3 Å². The van der Waals surface area contributed by atoms with Gasteiger partial charge in [0.05, 0.1) is 23.0 Å². The van der Waals surface area contributed by atoms with Gasteiger partial charge in [0.1, 0.15) is 19.0 Å². The average Bonchev–Trinajstić information content (AvgIpc) is 3.72. The number of imidazole rings is 1. The summed E-state index contributed by atoms with van der Waals surface area (Å²) in [6.07, 6.45) is -0.607. The van der Waals surface area contributed by atoms with Crippen LogP contribution in [-0.4, -0.2) is 61.8 Å². The minimum Gasteiger partial charge on any atom is -0.459 e. The van der Waals surface area contributed by atoms with Gasteiger partial charge < -0.3 is 24.3 Å². The standard InChI is InChI=1S/C39H33N5O7/c1-39(51-37(47)29-20-12-5-13-21-29)32(50-36(46)28-18-10-4-11-19-28)30(23-48-35(45)27-16-8-3-9-17-27)49-38(39)44-25-43-31-33(41-24-42-34(31)44)40-22-26-14-6-2-7-15-26/h2-21,24-25,30,32,38H,22-23H2,1H3,(H,40,41,42)/t30?,32?,38?,39-/m1/s1. The van der Waals surface area contributed by atoms with Gasteiger partial charge in [-0.1, -0.05) is 84.9 Å². The van der Waals surface area contributed by atoms with E-state index in [1.807, 2.05) is 30.3 Å². The van der Waals surface area contributed by atoms with Crippen molar-refractivity contribution in [3.05, 3.63) is 156 Å². The average molecular weight is 684 g/mol. The number of nitrogens with zero attached hydrogens (tertiary/aromatic N) is 4. The molecule has 0 radical (unpaired) electrons. The number of esters is 3. The Labute approximate surface area is 293 Å². The maximum absolute atomic E-state index is 13.8. The van der Waals surface area contributed by atoms with Gasteiger partial charge in [0.15, 0.2) is 34.9 Å². The number of hydrogen-bond acceptors (Lipinski definition) is 11. The first-order chi connectivity index (χ1) is 24.9. The van der Waals surface area contributed by atoms with Crippen LogP contribution < -0.4 is 5.32 Å². The summed E-state index contributed by atoms with van der Waals surface area (Å²) in [5.41, 5.74) is 1.02. The monoisotopic (exact) mass is 683 g/mol. The quantitative estimate of drug-likeness (QED) is 0.126. The van der Waals surface area contributed by atoms with Crippen LogP contribution in [0.2, 0.25) is 0 Å². The lowest BCUT2D eigenvalue weighted by Gasteiger charge is -2.34. The number of aromatic nitrogens is 4. The van der Waals surface area contributed by atoms with Gasteiger partial charge in [-0.15, -0.1) is 0 Å². The molecule has 12 nitrogen and oxygen atoms in total. The molecule has 7 rings (SSSR count). The van der Waals surface area contributed by atoms with Crippen LogP contribution in [0.4, 0.5) is 5.82 Å². The molecule has 1 N–H and O–H groups in total. The minimum atomic E-state index is -1.70. The number of hydrogen-bond donors (Lipinski definition) is 1. The summed E-state index contributed by atoms with van der Waals surface area (Å²) in [5, 5.41) is 3.31. The number of anilines is 1. The van der Waals surface area contributed by atoms with Gasteiger partial charge >= 0.3 is 17.9 Å². The summed E-state index contributed by atoms with van der Waals surface area (Å²) in [5.74, 6) is -1.49. The Bertz CT molecular complexity index is 2130. The SMILES string of the molecule is C[C@@]1(OC(=O)c2ccccc2)C(OC(=O)c2ccccc2)C(COC(=O)c2ccccc2)OC1n1cnc2c(NCc3ccccc3)ncnc21. The zero-order chi connectivity index (χ0) is 35.2. The van der Waals surface area contributed by atoms with Gasteiger partial charge in [-0.25, -0.2) is 29.3 Å². The first-order valence-electron chi connectivity index (χ1n) is 16.3. The molecule has 51 heavy (non-hydrogen) atoms. The fourth-order valence-corrected chi connectivity index (χ4v) is 5.99. The van der Waals surface area contributed by atoms with E-state index in [9.17, 15) is 14.4 Å². The highest BCUT2D eigenvalue weighted by atomic mass is 16.7. The van der Waals surface area contributed by atoms with Crippen LogP contribution in [0, 0.1) is 0 Å². The molecule has 1 saturated heterocycles. The van der Waals surface area contributed by atoms with Gasteiger partial charge in [-0.05, 0) is 48.9 Å². The van der Waals surface area contributed by atoms with Gasteiger partial charge in [0, 0.05) is 6.54 Å². The number of ether oxygens (including phenoxy) is 4. The summed E-state index contributed by atoms with van der Waals surface area (Å²) in [7, 11) is 0. The summed E-state index contributed by atoms with van der Waals surface area (Å²) in [6.45, 7) is 1.77. The maximum Gasteiger partial charge on any atom is 0.338 e. The maximum atomic E-state index is 13.8. The number of benzene rings is 4. The Hall–Kier alpha value is -6.40. The van der Waals surface area contributed by atoms with Crippen molar-refractivity contribution in [1.29, 1.82) is 0 Å². The second-order valence-electron chi connectivity index (χ2n) is 12.0. The molecule has 1 aliphatic rings. The third-order valence-corrected chi connectivity index (χ3v) is 8.56. The first-order valence-corrected chi connectivity index (χ1v) is 16.3. The molecule has 3 heterocycles. The predicted molar refractivity (Wildman–Crippen MR) is 186 cm³/mol. The molecule has 3 unspecified atom stereocenters. The summed E-state index contributed by atoms with van der Waals surface area (Å²) in [4.78, 5) is 54.0. The minimum absolute atomic E-state index is 0.271. The zero-order valence-corrected chi connectivity index (χ0v) is 27.5. The van der Waals surface area contributed by atoms with Crippen LogP contribution >= 0.6 is 0 Å².